The Bertz CT molecular complexity index is 561. The molecule has 1 aromatic carbocycles. The average molecular weight is 285 g/mol. The Labute approximate surface area is 126 Å². The number of rotatable bonds is 6. The van der Waals surface area contributed by atoms with Crippen molar-refractivity contribution in [3.05, 3.63) is 48.5 Å². The van der Waals surface area contributed by atoms with E-state index in [-0.39, 0.29) is 0 Å². The molecule has 1 unspecified atom stereocenters. The highest BCUT2D eigenvalue weighted by atomic mass is 16.5. The lowest BCUT2D eigenvalue weighted by atomic mass is 9.75. The van der Waals surface area contributed by atoms with Gasteiger partial charge >= 0.3 is 0 Å². The van der Waals surface area contributed by atoms with Crippen molar-refractivity contribution < 1.29 is 4.74 Å². The molecule has 0 amide bonds. The van der Waals surface area contributed by atoms with E-state index in [1.807, 2.05) is 24.8 Å². The van der Waals surface area contributed by atoms with Gasteiger partial charge in [0.05, 0.1) is 13.4 Å². The van der Waals surface area contributed by atoms with E-state index in [0.29, 0.717) is 18.0 Å². The molecule has 0 bridgehead atoms. The number of imidazole rings is 1. The first-order chi connectivity index (χ1) is 10.3. The summed E-state index contributed by atoms with van der Waals surface area (Å²) >= 11 is 0. The molecule has 112 valence electrons. The summed E-state index contributed by atoms with van der Waals surface area (Å²) in [6.07, 6.45) is 8.09. The molecule has 1 N–H and O–H groups in total. The molecular weight excluding hydrogens is 262 g/mol. The molecule has 1 fully saturated rings. The van der Waals surface area contributed by atoms with Gasteiger partial charge in [0, 0.05) is 31.0 Å². The Kier molecular flexibility index (Phi) is 4.25. The molecule has 4 heteroatoms. The van der Waals surface area contributed by atoms with Gasteiger partial charge in [0.15, 0.2) is 0 Å². The van der Waals surface area contributed by atoms with Crippen molar-refractivity contribution in [2.45, 2.75) is 44.3 Å². The molecule has 0 spiro atoms. The second-order valence-corrected chi connectivity index (χ2v) is 5.93. The fraction of sp³-hybridized carbons (Fsp3) is 0.471. The smallest absolute Gasteiger partial charge is 0.122 e. The number of nitrogens with zero attached hydrogens (tertiary/aromatic N) is 2. The van der Waals surface area contributed by atoms with Crippen molar-refractivity contribution in [2.24, 2.45) is 0 Å². The first kappa shape index (κ1) is 14.1. The Morgan fingerprint density at radius 1 is 1.38 bits per heavy atom. The normalized spacial score (nSPS) is 22.6. The van der Waals surface area contributed by atoms with Crippen LogP contribution in [0.5, 0.6) is 5.75 Å². The molecule has 1 aliphatic rings. The molecule has 0 radical (unpaired) electrons. The summed E-state index contributed by atoms with van der Waals surface area (Å²) in [5.41, 5.74) is 1.35. The van der Waals surface area contributed by atoms with Crippen LogP contribution in [0.1, 0.15) is 31.2 Å². The Morgan fingerprint density at radius 2 is 2.19 bits per heavy atom. The van der Waals surface area contributed by atoms with Crippen molar-refractivity contribution in [3.8, 4) is 5.75 Å². The minimum atomic E-state index is 0.461. The maximum absolute atomic E-state index is 5.46. The lowest BCUT2D eigenvalue weighted by Crippen LogP contribution is -2.45. The summed E-state index contributed by atoms with van der Waals surface area (Å²) in [6.45, 7) is 3.20. The predicted molar refractivity (Wildman–Crippen MR) is 83.6 cm³/mol. The number of hydrogen-bond acceptors (Lipinski definition) is 3. The highest BCUT2D eigenvalue weighted by molar-refractivity contribution is 5.37. The maximum atomic E-state index is 5.46. The Balaban J connectivity index is 1.49. The zero-order chi connectivity index (χ0) is 14.7. The predicted octanol–water partition coefficient (Wildman–Crippen LogP) is 2.82. The van der Waals surface area contributed by atoms with Gasteiger partial charge in [-0.05, 0) is 37.3 Å². The molecule has 1 atom stereocenters. The fourth-order valence-corrected chi connectivity index (χ4v) is 3.18. The van der Waals surface area contributed by atoms with Gasteiger partial charge in [0.25, 0.3) is 0 Å². The molecule has 2 aromatic rings. The largest absolute Gasteiger partial charge is 0.496 e. The van der Waals surface area contributed by atoms with E-state index < -0.39 is 0 Å². The van der Waals surface area contributed by atoms with Gasteiger partial charge < -0.3 is 14.6 Å². The first-order valence-electron chi connectivity index (χ1n) is 7.61. The summed E-state index contributed by atoms with van der Waals surface area (Å²) in [4.78, 5) is 4.08. The van der Waals surface area contributed by atoms with Gasteiger partial charge in [-0.25, -0.2) is 4.98 Å². The highest BCUT2D eigenvalue weighted by Crippen LogP contribution is 2.41. The number of methoxy groups -OCH3 is 1. The van der Waals surface area contributed by atoms with Gasteiger partial charge in [0.2, 0.25) is 0 Å². The molecule has 3 rings (SSSR count). The Morgan fingerprint density at radius 3 is 2.90 bits per heavy atom. The van der Waals surface area contributed by atoms with E-state index in [9.17, 15) is 0 Å². The van der Waals surface area contributed by atoms with Gasteiger partial charge in [-0.1, -0.05) is 18.2 Å². The zero-order valence-electron chi connectivity index (χ0n) is 12.7. The number of benzene rings is 1. The minimum absolute atomic E-state index is 0.461. The quantitative estimate of drug-likeness (QED) is 0.887. The van der Waals surface area contributed by atoms with Gasteiger partial charge in [-0.2, -0.15) is 0 Å². The van der Waals surface area contributed by atoms with Crippen LogP contribution >= 0.6 is 0 Å². The standard InChI is InChI=1S/C17H23N3O/c1-13(11-20-8-7-18-12-20)19-15-9-14(10-15)16-5-3-4-6-17(16)21-2/h3-8,12-15,19H,9-11H2,1-2H3. The van der Waals surface area contributed by atoms with Crippen LogP contribution in [0.3, 0.4) is 0 Å². The second kappa shape index (κ2) is 6.31. The van der Waals surface area contributed by atoms with E-state index in [2.05, 4.69) is 40.0 Å². The zero-order valence-corrected chi connectivity index (χ0v) is 12.7. The van der Waals surface area contributed by atoms with Crippen LogP contribution in [-0.4, -0.2) is 28.7 Å². The number of ether oxygens (including phenoxy) is 1. The third-order valence-electron chi connectivity index (χ3n) is 4.28. The van der Waals surface area contributed by atoms with E-state index in [0.717, 1.165) is 12.3 Å². The number of hydrogen-bond donors (Lipinski definition) is 1. The van der Waals surface area contributed by atoms with Crippen LogP contribution in [0.25, 0.3) is 0 Å². The van der Waals surface area contributed by atoms with E-state index in [1.54, 1.807) is 7.11 Å². The van der Waals surface area contributed by atoms with Crippen LogP contribution in [0.4, 0.5) is 0 Å². The molecule has 0 aliphatic heterocycles. The van der Waals surface area contributed by atoms with Crippen molar-refractivity contribution >= 4 is 0 Å². The number of nitrogens with one attached hydrogen (secondary N) is 1. The highest BCUT2D eigenvalue weighted by Gasteiger charge is 2.32. The Hall–Kier alpha value is -1.81. The third-order valence-corrected chi connectivity index (χ3v) is 4.28. The summed E-state index contributed by atoms with van der Waals surface area (Å²) in [5.74, 6) is 1.64. The van der Waals surface area contributed by atoms with Crippen LogP contribution in [0, 0.1) is 0 Å². The van der Waals surface area contributed by atoms with Crippen LogP contribution in [-0.2, 0) is 6.54 Å². The van der Waals surface area contributed by atoms with Crippen LogP contribution in [0.15, 0.2) is 43.0 Å². The first-order valence-corrected chi connectivity index (χ1v) is 7.61. The molecule has 1 saturated carbocycles. The van der Waals surface area contributed by atoms with Gasteiger partial charge in [0.1, 0.15) is 5.75 Å². The molecule has 0 saturated heterocycles. The molecule has 1 heterocycles. The monoisotopic (exact) mass is 285 g/mol. The lowest BCUT2D eigenvalue weighted by Gasteiger charge is -2.38. The molecule has 1 aromatic heterocycles. The number of aromatic nitrogens is 2. The van der Waals surface area contributed by atoms with E-state index >= 15 is 0 Å². The molecule has 4 nitrogen and oxygen atoms in total. The summed E-state index contributed by atoms with van der Waals surface area (Å²) in [7, 11) is 1.75. The van der Waals surface area contributed by atoms with Crippen molar-refractivity contribution in [1.82, 2.24) is 14.9 Å². The molecule has 21 heavy (non-hydrogen) atoms. The van der Waals surface area contributed by atoms with Gasteiger partial charge in [-0.15, -0.1) is 0 Å². The third kappa shape index (κ3) is 3.27. The average Bonchev–Trinajstić information content (AvgIpc) is 2.95. The minimum Gasteiger partial charge on any atom is -0.496 e. The van der Waals surface area contributed by atoms with Crippen LogP contribution in [0.2, 0.25) is 0 Å². The molecular formula is C17H23N3O. The summed E-state index contributed by atoms with van der Waals surface area (Å²) < 4.78 is 7.58. The second-order valence-electron chi connectivity index (χ2n) is 5.93. The summed E-state index contributed by atoms with van der Waals surface area (Å²) in [6, 6.07) is 9.44. The van der Waals surface area contributed by atoms with Crippen LogP contribution < -0.4 is 10.1 Å². The van der Waals surface area contributed by atoms with Crippen molar-refractivity contribution in [1.29, 1.82) is 0 Å². The number of para-hydroxylation sites is 1. The molecule has 1 aliphatic carbocycles. The van der Waals surface area contributed by atoms with Crippen molar-refractivity contribution in [2.75, 3.05) is 7.11 Å². The fourth-order valence-electron chi connectivity index (χ4n) is 3.18. The SMILES string of the molecule is COc1ccccc1C1CC(NC(C)Cn2ccnc2)C1. The van der Waals surface area contributed by atoms with E-state index in [4.69, 9.17) is 4.74 Å². The van der Waals surface area contributed by atoms with Gasteiger partial charge in [-0.3, -0.25) is 0 Å². The van der Waals surface area contributed by atoms with Crippen molar-refractivity contribution in [3.63, 3.8) is 0 Å². The maximum Gasteiger partial charge on any atom is 0.122 e. The lowest BCUT2D eigenvalue weighted by molar-refractivity contribution is 0.256. The summed E-state index contributed by atoms with van der Waals surface area (Å²) in [5, 5.41) is 3.70. The topological polar surface area (TPSA) is 39.1 Å². The van der Waals surface area contributed by atoms with E-state index in [1.165, 1.54) is 18.4 Å².